The van der Waals surface area contributed by atoms with Crippen molar-refractivity contribution in [3.8, 4) is 16.9 Å². The number of amides is 1. The number of benzene rings is 1. The van der Waals surface area contributed by atoms with E-state index in [0.717, 1.165) is 48.1 Å². The lowest BCUT2D eigenvalue weighted by Gasteiger charge is -2.37. The number of hydrogen-bond donors (Lipinski definition) is 0. The second-order valence-corrected chi connectivity index (χ2v) is 8.59. The highest BCUT2D eigenvalue weighted by Crippen LogP contribution is 2.44. The van der Waals surface area contributed by atoms with Gasteiger partial charge in [0, 0.05) is 35.9 Å². The van der Waals surface area contributed by atoms with Crippen molar-refractivity contribution in [2.45, 2.75) is 57.3 Å². The Morgan fingerprint density at radius 1 is 1.34 bits per heavy atom. The first kappa shape index (κ1) is 18.6. The molecule has 1 amide bonds. The molecule has 1 saturated heterocycles. The maximum atomic E-state index is 14.6. The van der Waals surface area contributed by atoms with E-state index in [1.807, 2.05) is 34.1 Å². The first-order valence-electron chi connectivity index (χ1n) is 10.3. The number of ether oxygens (including phenoxy) is 2. The van der Waals surface area contributed by atoms with Crippen LogP contribution in [-0.4, -0.2) is 47.2 Å². The number of rotatable bonds is 5. The van der Waals surface area contributed by atoms with Crippen LogP contribution in [0.25, 0.3) is 11.1 Å². The molecule has 2 aliphatic heterocycles. The Kier molecular flexibility index (Phi) is 4.38. The Bertz CT molecular complexity index is 949. The van der Waals surface area contributed by atoms with Gasteiger partial charge in [-0.05, 0) is 44.7 Å². The molecule has 6 nitrogen and oxygen atoms in total. The van der Waals surface area contributed by atoms with Crippen LogP contribution in [0, 0.1) is 0 Å². The van der Waals surface area contributed by atoms with Gasteiger partial charge >= 0.3 is 0 Å². The molecule has 2 aromatic rings. The van der Waals surface area contributed by atoms with Crippen LogP contribution >= 0.6 is 0 Å². The number of anilines is 1. The highest BCUT2D eigenvalue weighted by molar-refractivity contribution is 5.95. The molecule has 1 aliphatic carbocycles. The number of fused-ring (bicyclic) bond motifs is 1. The first-order chi connectivity index (χ1) is 14.0. The van der Waals surface area contributed by atoms with Crippen molar-refractivity contribution in [1.29, 1.82) is 0 Å². The van der Waals surface area contributed by atoms with E-state index in [1.165, 1.54) is 0 Å². The molecule has 5 rings (SSSR count). The van der Waals surface area contributed by atoms with Crippen LogP contribution in [0.15, 0.2) is 24.5 Å². The smallest absolute Gasteiger partial charge is 0.224 e. The van der Waals surface area contributed by atoms with E-state index in [0.29, 0.717) is 11.8 Å². The number of halogens is 1. The molecule has 154 valence electrons. The van der Waals surface area contributed by atoms with Gasteiger partial charge in [-0.1, -0.05) is 0 Å². The lowest BCUT2D eigenvalue weighted by molar-refractivity contribution is -0.146. The van der Waals surface area contributed by atoms with Gasteiger partial charge in [0.2, 0.25) is 5.91 Å². The zero-order valence-electron chi connectivity index (χ0n) is 16.9. The van der Waals surface area contributed by atoms with E-state index >= 15 is 0 Å². The highest BCUT2D eigenvalue weighted by Gasteiger charge is 2.40. The molecule has 0 N–H and O–H groups in total. The largest absolute Gasteiger partial charge is 0.489 e. The standard InChI is InChI=1S/C22H26FN3O3/c1-14-3-6-19-20(26(14)15(2)27)8-7-18(16-9-24-25(10-16)17-4-5-17)21(19)29-13-22(23)11-28-12-22/h7-10,14,17H,3-6,11-13H2,1-2H3/t14-/m0/s1. The molecule has 3 heterocycles. The fraction of sp³-hybridized carbons (Fsp3) is 0.545. The summed E-state index contributed by atoms with van der Waals surface area (Å²) in [6.45, 7) is 3.71. The second-order valence-electron chi connectivity index (χ2n) is 8.59. The third-order valence-electron chi connectivity index (χ3n) is 6.12. The normalized spacial score (nSPS) is 22.7. The van der Waals surface area contributed by atoms with E-state index in [-0.39, 0.29) is 31.8 Å². The molecule has 1 aromatic carbocycles. The molecule has 1 saturated carbocycles. The van der Waals surface area contributed by atoms with Gasteiger partial charge in [0.25, 0.3) is 0 Å². The minimum atomic E-state index is -1.44. The van der Waals surface area contributed by atoms with Crippen LogP contribution < -0.4 is 9.64 Å². The van der Waals surface area contributed by atoms with Crippen LogP contribution in [0.2, 0.25) is 0 Å². The number of aromatic nitrogens is 2. The molecular formula is C22H26FN3O3. The minimum Gasteiger partial charge on any atom is -0.489 e. The van der Waals surface area contributed by atoms with Gasteiger partial charge < -0.3 is 14.4 Å². The van der Waals surface area contributed by atoms with Crippen molar-refractivity contribution in [1.82, 2.24) is 9.78 Å². The summed E-state index contributed by atoms with van der Waals surface area (Å²) in [6, 6.07) is 4.57. The number of nitrogens with zero attached hydrogens (tertiary/aromatic N) is 3. The maximum absolute atomic E-state index is 14.6. The van der Waals surface area contributed by atoms with Gasteiger partial charge in [0.15, 0.2) is 5.67 Å². The number of hydrogen-bond acceptors (Lipinski definition) is 4. The fourth-order valence-electron chi connectivity index (χ4n) is 4.30. The Labute approximate surface area is 169 Å². The number of carbonyl (C=O) groups is 1. The molecule has 1 aromatic heterocycles. The lowest BCUT2D eigenvalue weighted by atomic mass is 9.92. The maximum Gasteiger partial charge on any atom is 0.224 e. The molecule has 29 heavy (non-hydrogen) atoms. The minimum absolute atomic E-state index is 0.00746. The predicted octanol–water partition coefficient (Wildman–Crippen LogP) is 3.69. The molecule has 7 heteroatoms. The summed E-state index contributed by atoms with van der Waals surface area (Å²) >= 11 is 0. The molecule has 0 radical (unpaired) electrons. The van der Waals surface area contributed by atoms with Crippen molar-refractivity contribution in [2.24, 2.45) is 0 Å². The zero-order chi connectivity index (χ0) is 20.2. The van der Waals surface area contributed by atoms with Gasteiger partial charge in [-0.15, -0.1) is 0 Å². The monoisotopic (exact) mass is 399 g/mol. The van der Waals surface area contributed by atoms with Crippen LogP contribution in [0.4, 0.5) is 10.1 Å². The van der Waals surface area contributed by atoms with Crippen LogP contribution in [0.5, 0.6) is 5.75 Å². The number of alkyl halides is 1. The van der Waals surface area contributed by atoms with Crippen molar-refractivity contribution >= 4 is 11.6 Å². The van der Waals surface area contributed by atoms with Crippen molar-refractivity contribution in [3.05, 3.63) is 30.1 Å². The summed E-state index contributed by atoms with van der Waals surface area (Å²) in [6.07, 6.45) is 7.83. The van der Waals surface area contributed by atoms with Gasteiger partial charge in [-0.3, -0.25) is 9.48 Å². The number of carbonyl (C=O) groups excluding carboxylic acids is 1. The highest BCUT2D eigenvalue weighted by atomic mass is 19.1. The van der Waals surface area contributed by atoms with E-state index in [2.05, 4.69) is 12.0 Å². The Morgan fingerprint density at radius 2 is 2.14 bits per heavy atom. The summed E-state index contributed by atoms with van der Waals surface area (Å²) in [4.78, 5) is 14.1. The molecule has 3 aliphatic rings. The van der Waals surface area contributed by atoms with Gasteiger partial charge in [-0.25, -0.2) is 4.39 Å². The van der Waals surface area contributed by atoms with Gasteiger partial charge in [-0.2, -0.15) is 5.10 Å². The molecule has 0 bridgehead atoms. The Balaban J connectivity index is 1.57. The van der Waals surface area contributed by atoms with E-state index in [9.17, 15) is 9.18 Å². The molecule has 0 unspecified atom stereocenters. The summed E-state index contributed by atoms with van der Waals surface area (Å²) in [7, 11) is 0. The molecule has 0 spiro atoms. The lowest BCUT2D eigenvalue weighted by Crippen LogP contribution is -2.50. The van der Waals surface area contributed by atoms with Crippen molar-refractivity contribution in [2.75, 3.05) is 24.7 Å². The molecule has 1 atom stereocenters. The van der Waals surface area contributed by atoms with E-state index in [1.54, 1.807) is 6.92 Å². The Hall–Kier alpha value is -2.41. The van der Waals surface area contributed by atoms with E-state index < -0.39 is 5.67 Å². The third kappa shape index (κ3) is 3.31. The van der Waals surface area contributed by atoms with Crippen molar-refractivity contribution in [3.63, 3.8) is 0 Å². The van der Waals surface area contributed by atoms with Crippen molar-refractivity contribution < 1.29 is 18.7 Å². The quantitative estimate of drug-likeness (QED) is 0.770. The summed E-state index contributed by atoms with van der Waals surface area (Å²) in [5.41, 5.74) is 2.25. The summed E-state index contributed by atoms with van der Waals surface area (Å²) in [5.74, 6) is 0.674. The summed E-state index contributed by atoms with van der Waals surface area (Å²) < 4.78 is 27.8. The third-order valence-corrected chi connectivity index (χ3v) is 6.12. The van der Waals surface area contributed by atoms with Gasteiger partial charge in [0.1, 0.15) is 12.4 Å². The average Bonchev–Trinajstić information content (AvgIpc) is 3.41. The van der Waals surface area contributed by atoms with Crippen LogP contribution in [-0.2, 0) is 16.0 Å². The second kappa shape index (κ2) is 6.83. The Morgan fingerprint density at radius 3 is 2.79 bits per heavy atom. The summed E-state index contributed by atoms with van der Waals surface area (Å²) in [5, 5.41) is 4.50. The first-order valence-corrected chi connectivity index (χ1v) is 10.3. The predicted molar refractivity (Wildman–Crippen MR) is 107 cm³/mol. The zero-order valence-corrected chi connectivity index (χ0v) is 16.9. The fourth-order valence-corrected chi connectivity index (χ4v) is 4.30. The van der Waals surface area contributed by atoms with Gasteiger partial charge in [0.05, 0.1) is 31.1 Å². The van der Waals surface area contributed by atoms with Crippen LogP contribution in [0.3, 0.4) is 0 Å². The molecular weight excluding hydrogens is 373 g/mol. The van der Waals surface area contributed by atoms with E-state index in [4.69, 9.17) is 9.47 Å². The SMILES string of the molecule is CC(=O)N1c2ccc(-c3cnn(C4CC4)c3)c(OCC3(F)COC3)c2CC[C@@H]1C. The average molecular weight is 399 g/mol. The topological polar surface area (TPSA) is 56.6 Å². The van der Waals surface area contributed by atoms with Crippen LogP contribution in [0.1, 0.15) is 44.7 Å². The molecule has 2 fully saturated rings.